The molecule has 4 nitrogen and oxygen atoms in total. The Kier molecular flexibility index (Phi) is 3.54. The topological polar surface area (TPSA) is 60.9 Å². The zero-order valence-electron chi connectivity index (χ0n) is 10.2. The largest absolute Gasteiger partial charge is 0.327 e. The number of aromatic nitrogens is 2. The maximum Gasteiger partial charge on any atom is 0.143 e. The number of nitrogens with two attached hydrogens (primary N) is 1. The number of carbonyl (C=O) groups excluding carboxylic acids is 1. The molecule has 0 radical (unpaired) electrons. The smallest absolute Gasteiger partial charge is 0.143 e. The predicted molar refractivity (Wildman–Crippen MR) is 67.0 cm³/mol. The number of aryl methyl sites for hydroxylation is 2. The van der Waals surface area contributed by atoms with Gasteiger partial charge in [-0.3, -0.25) is 9.48 Å². The Morgan fingerprint density at radius 3 is 2.76 bits per heavy atom. The van der Waals surface area contributed by atoms with Crippen molar-refractivity contribution in [2.75, 3.05) is 0 Å². The number of Topliss-reactive ketones (excluding diaryl/α,β-unsaturated/α-hetero) is 1. The minimum absolute atomic E-state index is 0.00118. The Morgan fingerprint density at radius 1 is 1.59 bits per heavy atom. The SMILES string of the molecule is Cc1nn(C)c(CC(=O)C2CCCC2N)c1Cl. The Balaban J connectivity index is 2.13. The summed E-state index contributed by atoms with van der Waals surface area (Å²) in [6, 6.07) is 0.0237. The molecule has 5 heteroatoms. The van der Waals surface area contributed by atoms with Gasteiger partial charge in [0.25, 0.3) is 0 Å². The Hall–Kier alpha value is -0.870. The van der Waals surface area contributed by atoms with Gasteiger partial charge in [0.1, 0.15) is 5.78 Å². The molecule has 2 N–H and O–H groups in total. The zero-order valence-corrected chi connectivity index (χ0v) is 11.0. The van der Waals surface area contributed by atoms with Crippen LogP contribution in [0, 0.1) is 12.8 Å². The highest BCUT2D eigenvalue weighted by Gasteiger charge is 2.31. The summed E-state index contributed by atoms with van der Waals surface area (Å²) in [5.41, 5.74) is 7.51. The molecule has 1 fully saturated rings. The molecule has 0 amide bonds. The van der Waals surface area contributed by atoms with Crippen LogP contribution >= 0.6 is 11.6 Å². The fraction of sp³-hybridized carbons (Fsp3) is 0.667. The van der Waals surface area contributed by atoms with Crippen molar-refractivity contribution in [3.8, 4) is 0 Å². The number of hydrogen-bond acceptors (Lipinski definition) is 3. The van der Waals surface area contributed by atoms with E-state index in [-0.39, 0.29) is 17.7 Å². The van der Waals surface area contributed by atoms with Crippen molar-refractivity contribution in [2.24, 2.45) is 18.7 Å². The van der Waals surface area contributed by atoms with E-state index in [0.29, 0.717) is 11.4 Å². The number of hydrogen-bond donors (Lipinski definition) is 1. The second kappa shape index (κ2) is 4.78. The lowest BCUT2D eigenvalue weighted by Gasteiger charge is -2.13. The van der Waals surface area contributed by atoms with Crippen LogP contribution in [0.5, 0.6) is 0 Å². The first kappa shape index (κ1) is 12.6. The van der Waals surface area contributed by atoms with E-state index in [1.807, 2.05) is 14.0 Å². The summed E-state index contributed by atoms with van der Waals surface area (Å²) in [7, 11) is 1.82. The summed E-state index contributed by atoms with van der Waals surface area (Å²) in [6.07, 6.45) is 3.26. The summed E-state index contributed by atoms with van der Waals surface area (Å²) < 4.78 is 1.69. The zero-order chi connectivity index (χ0) is 12.6. The summed E-state index contributed by atoms with van der Waals surface area (Å²) in [6.45, 7) is 1.84. The van der Waals surface area contributed by atoms with E-state index < -0.39 is 0 Å². The van der Waals surface area contributed by atoms with Crippen LogP contribution in [0.2, 0.25) is 5.02 Å². The van der Waals surface area contributed by atoms with Gasteiger partial charge >= 0.3 is 0 Å². The third-order valence-corrected chi connectivity index (χ3v) is 4.08. The quantitative estimate of drug-likeness (QED) is 0.893. The molecule has 1 aromatic rings. The number of halogens is 1. The van der Waals surface area contributed by atoms with Gasteiger partial charge in [0.2, 0.25) is 0 Å². The molecule has 1 aromatic heterocycles. The second-order valence-electron chi connectivity index (χ2n) is 4.81. The van der Waals surface area contributed by atoms with Crippen molar-refractivity contribution in [3.63, 3.8) is 0 Å². The lowest BCUT2D eigenvalue weighted by Crippen LogP contribution is -2.31. The average molecular weight is 256 g/mol. The molecule has 0 spiro atoms. The van der Waals surface area contributed by atoms with Gasteiger partial charge in [-0.25, -0.2) is 0 Å². The van der Waals surface area contributed by atoms with Gasteiger partial charge in [0.05, 0.1) is 22.8 Å². The molecule has 1 aliphatic carbocycles. The van der Waals surface area contributed by atoms with Crippen LogP contribution in [0.4, 0.5) is 0 Å². The first-order valence-corrected chi connectivity index (χ1v) is 6.34. The normalized spacial score (nSPS) is 24.2. The molecule has 0 aromatic carbocycles. The molecule has 2 unspecified atom stereocenters. The molecule has 1 aliphatic rings. The van der Waals surface area contributed by atoms with Crippen molar-refractivity contribution in [1.82, 2.24) is 9.78 Å². The second-order valence-corrected chi connectivity index (χ2v) is 5.19. The summed E-state index contributed by atoms with van der Waals surface area (Å²) in [5.74, 6) is 0.196. The first-order valence-electron chi connectivity index (χ1n) is 5.97. The maximum absolute atomic E-state index is 12.2. The van der Waals surface area contributed by atoms with E-state index in [1.165, 1.54) is 0 Å². The monoisotopic (exact) mass is 255 g/mol. The number of rotatable bonds is 3. The van der Waals surface area contributed by atoms with Gasteiger partial charge in [-0.15, -0.1) is 0 Å². The van der Waals surface area contributed by atoms with Crippen LogP contribution in [0.25, 0.3) is 0 Å². The van der Waals surface area contributed by atoms with Crippen LogP contribution in [0.3, 0.4) is 0 Å². The highest BCUT2D eigenvalue weighted by molar-refractivity contribution is 6.32. The van der Waals surface area contributed by atoms with E-state index >= 15 is 0 Å². The van der Waals surface area contributed by atoms with Crippen molar-refractivity contribution >= 4 is 17.4 Å². The minimum Gasteiger partial charge on any atom is -0.327 e. The summed E-state index contributed by atoms with van der Waals surface area (Å²) in [4.78, 5) is 12.2. The maximum atomic E-state index is 12.2. The van der Waals surface area contributed by atoms with E-state index in [0.717, 1.165) is 30.7 Å². The Bertz CT molecular complexity index is 441. The van der Waals surface area contributed by atoms with E-state index in [2.05, 4.69) is 5.10 Å². The van der Waals surface area contributed by atoms with Crippen molar-refractivity contribution < 1.29 is 4.79 Å². The van der Waals surface area contributed by atoms with Crippen LogP contribution in [0.1, 0.15) is 30.7 Å². The lowest BCUT2D eigenvalue weighted by molar-refractivity contribution is -0.122. The number of nitrogens with zero attached hydrogens (tertiary/aromatic N) is 2. The third-order valence-electron chi connectivity index (χ3n) is 3.59. The fourth-order valence-corrected chi connectivity index (χ4v) is 2.78. The average Bonchev–Trinajstić information content (AvgIpc) is 2.78. The highest BCUT2D eigenvalue weighted by atomic mass is 35.5. The van der Waals surface area contributed by atoms with E-state index in [4.69, 9.17) is 17.3 Å². The lowest BCUT2D eigenvalue weighted by atomic mass is 9.95. The summed E-state index contributed by atoms with van der Waals surface area (Å²) >= 11 is 6.13. The van der Waals surface area contributed by atoms with E-state index in [9.17, 15) is 4.79 Å². The fourth-order valence-electron chi connectivity index (χ4n) is 2.56. The van der Waals surface area contributed by atoms with Gasteiger partial charge in [-0.2, -0.15) is 5.10 Å². The predicted octanol–water partition coefficient (Wildman–Crippen LogP) is 1.62. The standard InChI is InChI=1S/C12H18ClN3O/c1-7-12(13)10(16(2)15-7)6-11(17)8-4-3-5-9(8)14/h8-9H,3-6,14H2,1-2H3. The van der Waals surface area contributed by atoms with Gasteiger partial charge in [0, 0.05) is 19.0 Å². The highest BCUT2D eigenvalue weighted by Crippen LogP contribution is 2.27. The van der Waals surface area contributed by atoms with Gasteiger partial charge in [0.15, 0.2) is 0 Å². The van der Waals surface area contributed by atoms with Crippen molar-refractivity contribution in [1.29, 1.82) is 0 Å². The minimum atomic E-state index is 0.00118. The molecule has 94 valence electrons. The van der Waals surface area contributed by atoms with Gasteiger partial charge < -0.3 is 5.73 Å². The van der Waals surface area contributed by atoms with Crippen molar-refractivity contribution in [2.45, 2.75) is 38.6 Å². The molecule has 1 heterocycles. The molecule has 17 heavy (non-hydrogen) atoms. The molecular weight excluding hydrogens is 238 g/mol. The van der Waals surface area contributed by atoms with Crippen LogP contribution < -0.4 is 5.73 Å². The molecule has 0 aliphatic heterocycles. The van der Waals surface area contributed by atoms with Crippen LogP contribution in [-0.2, 0) is 18.3 Å². The molecular formula is C12H18ClN3O. The molecule has 1 saturated carbocycles. The first-order chi connectivity index (χ1) is 8.00. The van der Waals surface area contributed by atoms with Gasteiger partial charge in [-0.05, 0) is 19.8 Å². The Morgan fingerprint density at radius 2 is 2.29 bits per heavy atom. The van der Waals surface area contributed by atoms with Crippen molar-refractivity contribution in [3.05, 3.63) is 16.4 Å². The van der Waals surface area contributed by atoms with E-state index in [1.54, 1.807) is 4.68 Å². The molecule has 2 atom stereocenters. The van der Waals surface area contributed by atoms with Crippen LogP contribution in [0.15, 0.2) is 0 Å². The third kappa shape index (κ3) is 2.38. The molecule has 0 bridgehead atoms. The summed E-state index contributed by atoms with van der Waals surface area (Å²) in [5, 5.41) is 4.81. The number of ketones is 1. The number of carbonyl (C=O) groups is 1. The van der Waals surface area contributed by atoms with Crippen LogP contribution in [-0.4, -0.2) is 21.6 Å². The van der Waals surface area contributed by atoms with Gasteiger partial charge in [-0.1, -0.05) is 18.0 Å². The Labute approximate surface area is 106 Å². The molecule has 0 saturated heterocycles. The molecule has 2 rings (SSSR count).